The van der Waals surface area contributed by atoms with Gasteiger partial charge in [0, 0.05) is 24.3 Å². The van der Waals surface area contributed by atoms with Crippen LogP contribution in [-0.4, -0.2) is 33.8 Å². The SMILES string of the molecule is CCCCOc1ccc(CNC(=O)CC2C=CS(=O)(=O)C2)cc1OC. The molecule has 138 valence electrons. The van der Waals surface area contributed by atoms with E-state index in [1.807, 2.05) is 18.2 Å². The van der Waals surface area contributed by atoms with Crippen LogP contribution >= 0.6 is 0 Å². The fourth-order valence-corrected chi connectivity index (χ4v) is 3.94. The van der Waals surface area contributed by atoms with E-state index >= 15 is 0 Å². The van der Waals surface area contributed by atoms with E-state index in [1.165, 1.54) is 5.41 Å². The van der Waals surface area contributed by atoms with E-state index in [2.05, 4.69) is 12.2 Å². The van der Waals surface area contributed by atoms with Crippen LogP contribution in [0.2, 0.25) is 0 Å². The third-order valence-electron chi connectivity index (χ3n) is 3.93. The first-order valence-corrected chi connectivity index (χ1v) is 10.1. The largest absolute Gasteiger partial charge is 0.493 e. The van der Waals surface area contributed by atoms with Crippen LogP contribution < -0.4 is 14.8 Å². The summed E-state index contributed by atoms with van der Waals surface area (Å²) in [6, 6.07) is 5.55. The molecule has 7 heteroatoms. The fraction of sp³-hybridized carbons (Fsp3) is 0.500. The molecule has 1 unspecified atom stereocenters. The van der Waals surface area contributed by atoms with Gasteiger partial charge in [-0.15, -0.1) is 0 Å². The molecule has 0 radical (unpaired) electrons. The third-order valence-corrected chi connectivity index (χ3v) is 5.39. The number of allylic oxidation sites excluding steroid dienone is 1. The Morgan fingerprint density at radius 3 is 2.76 bits per heavy atom. The van der Waals surface area contributed by atoms with E-state index < -0.39 is 9.84 Å². The molecule has 0 fully saturated rings. The first-order valence-electron chi connectivity index (χ1n) is 8.41. The van der Waals surface area contributed by atoms with Crippen molar-refractivity contribution in [1.29, 1.82) is 0 Å². The molecule has 1 heterocycles. The number of amides is 1. The first kappa shape index (κ1) is 19.3. The number of sulfone groups is 1. The van der Waals surface area contributed by atoms with Gasteiger partial charge >= 0.3 is 0 Å². The molecular formula is C18H25NO5S. The zero-order chi connectivity index (χ0) is 18.3. The van der Waals surface area contributed by atoms with E-state index in [0.29, 0.717) is 24.7 Å². The highest BCUT2D eigenvalue weighted by Crippen LogP contribution is 2.28. The number of methoxy groups -OCH3 is 1. The molecule has 1 aliphatic rings. The molecule has 0 saturated carbocycles. The quantitative estimate of drug-likeness (QED) is 0.678. The summed E-state index contributed by atoms with van der Waals surface area (Å²) in [6.07, 6.45) is 3.79. The van der Waals surface area contributed by atoms with E-state index in [0.717, 1.165) is 18.4 Å². The van der Waals surface area contributed by atoms with Gasteiger partial charge in [0.25, 0.3) is 0 Å². The Labute approximate surface area is 149 Å². The summed E-state index contributed by atoms with van der Waals surface area (Å²) >= 11 is 0. The smallest absolute Gasteiger partial charge is 0.220 e. The average Bonchev–Trinajstić information content (AvgIpc) is 2.92. The Hall–Kier alpha value is -2.02. The lowest BCUT2D eigenvalue weighted by atomic mass is 10.1. The van der Waals surface area contributed by atoms with Crippen molar-refractivity contribution < 1.29 is 22.7 Å². The molecule has 25 heavy (non-hydrogen) atoms. The number of unbranched alkanes of at least 4 members (excludes halogenated alkanes) is 1. The van der Waals surface area contributed by atoms with E-state index in [-0.39, 0.29) is 24.0 Å². The van der Waals surface area contributed by atoms with Gasteiger partial charge in [-0.1, -0.05) is 25.5 Å². The van der Waals surface area contributed by atoms with Crippen LogP contribution in [0.5, 0.6) is 11.5 Å². The Kier molecular flexibility index (Phi) is 6.87. The standard InChI is InChI=1S/C18H25NO5S/c1-3-4-8-24-16-6-5-14(10-17(16)23-2)12-19-18(20)11-15-7-9-25(21,22)13-15/h5-7,9-10,15H,3-4,8,11-13H2,1-2H3,(H,19,20). The maximum Gasteiger partial charge on any atom is 0.220 e. The van der Waals surface area contributed by atoms with Gasteiger partial charge in [-0.3, -0.25) is 4.79 Å². The maximum absolute atomic E-state index is 12.0. The lowest BCUT2D eigenvalue weighted by molar-refractivity contribution is -0.121. The van der Waals surface area contributed by atoms with Crippen molar-refractivity contribution in [2.24, 2.45) is 5.92 Å². The summed E-state index contributed by atoms with van der Waals surface area (Å²) in [5, 5.41) is 4.00. The predicted molar refractivity (Wildman–Crippen MR) is 96.3 cm³/mol. The summed E-state index contributed by atoms with van der Waals surface area (Å²) in [5.74, 6) is 0.917. The number of ether oxygens (including phenoxy) is 2. The van der Waals surface area contributed by atoms with Crippen LogP contribution in [0.1, 0.15) is 31.7 Å². The summed E-state index contributed by atoms with van der Waals surface area (Å²) in [6.45, 7) is 3.09. The minimum atomic E-state index is -3.12. The van der Waals surface area contributed by atoms with Gasteiger partial charge in [-0.25, -0.2) is 8.42 Å². The topological polar surface area (TPSA) is 81.7 Å². The molecule has 0 aromatic heterocycles. The Balaban J connectivity index is 1.85. The van der Waals surface area contributed by atoms with Crippen molar-refractivity contribution in [2.45, 2.75) is 32.7 Å². The fourth-order valence-electron chi connectivity index (χ4n) is 2.55. The van der Waals surface area contributed by atoms with Crippen molar-refractivity contribution in [3.63, 3.8) is 0 Å². The van der Waals surface area contributed by atoms with Gasteiger partial charge in [0.2, 0.25) is 5.91 Å². The highest BCUT2D eigenvalue weighted by molar-refractivity contribution is 7.94. The molecule has 1 aromatic carbocycles. The minimum Gasteiger partial charge on any atom is -0.493 e. The van der Waals surface area contributed by atoms with E-state index in [9.17, 15) is 13.2 Å². The summed E-state index contributed by atoms with van der Waals surface area (Å²) in [7, 11) is -1.54. The molecule has 0 aliphatic carbocycles. The zero-order valence-electron chi connectivity index (χ0n) is 14.7. The molecular weight excluding hydrogens is 342 g/mol. The van der Waals surface area contributed by atoms with Gasteiger partial charge in [0.15, 0.2) is 21.3 Å². The van der Waals surface area contributed by atoms with Crippen molar-refractivity contribution in [3.05, 3.63) is 35.2 Å². The monoisotopic (exact) mass is 367 g/mol. The van der Waals surface area contributed by atoms with Gasteiger partial charge in [0.1, 0.15) is 0 Å². The summed E-state index contributed by atoms with van der Waals surface area (Å²) in [5.41, 5.74) is 0.891. The Bertz CT molecular complexity index is 727. The molecule has 0 spiro atoms. The Morgan fingerprint density at radius 2 is 2.12 bits per heavy atom. The van der Waals surface area contributed by atoms with Gasteiger partial charge in [-0.2, -0.15) is 0 Å². The highest BCUT2D eigenvalue weighted by atomic mass is 32.2. The van der Waals surface area contributed by atoms with Crippen molar-refractivity contribution in [3.8, 4) is 11.5 Å². The minimum absolute atomic E-state index is 0.0119. The molecule has 1 N–H and O–H groups in total. The van der Waals surface area contributed by atoms with Crippen LogP contribution in [0.15, 0.2) is 29.7 Å². The zero-order valence-corrected chi connectivity index (χ0v) is 15.5. The molecule has 1 aliphatic heterocycles. The van der Waals surface area contributed by atoms with Crippen molar-refractivity contribution in [1.82, 2.24) is 5.32 Å². The summed E-state index contributed by atoms with van der Waals surface area (Å²) < 4.78 is 33.7. The van der Waals surface area contributed by atoms with Crippen molar-refractivity contribution >= 4 is 15.7 Å². The highest BCUT2D eigenvalue weighted by Gasteiger charge is 2.23. The molecule has 1 aromatic rings. The Morgan fingerprint density at radius 1 is 1.32 bits per heavy atom. The predicted octanol–water partition coefficient (Wildman–Crippen LogP) is 2.44. The number of hydrogen-bond acceptors (Lipinski definition) is 5. The number of nitrogens with one attached hydrogen (secondary N) is 1. The number of rotatable bonds is 9. The number of carbonyl (C=O) groups is 1. The molecule has 2 rings (SSSR count). The molecule has 0 bridgehead atoms. The van der Waals surface area contributed by atoms with Gasteiger partial charge in [-0.05, 0) is 24.1 Å². The first-order chi connectivity index (χ1) is 11.9. The lowest BCUT2D eigenvalue weighted by Crippen LogP contribution is -2.25. The van der Waals surface area contributed by atoms with Crippen LogP contribution in [0.25, 0.3) is 0 Å². The van der Waals surface area contributed by atoms with Crippen LogP contribution in [0.3, 0.4) is 0 Å². The average molecular weight is 367 g/mol. The van der Waals surface area contributed by atoms with Crippen LogP contribution in [-0.2, 0) is 21.2 Å². The second-order valence-corrected chi connectivity index (χ2v) is 8.02. The van der Waals surface area contributed by atoms with Crippen molar-refractivity contribution in [2.75, 3.05) is 19.5 Å². The molecule has 6 nitrogen and oxygen atoms in total. The normalized spacial score (nSPS) is 18.1. The second-order valence-electron chi connectivity index (χ2n) is 6.09. The van der Waals surface area contributed by atoms with E-state index in [1.54, 1.807) is 13.2 Å². The number of hydrogen-bond donors (Lipinski definition) is 1. The summed E-state index contributed by atoms with van der Waals surface area (Å²) in [4.78, 5) is 12.0. The maximum atomic E-state index is 12.0. The molecule has 0 saturated heterocycles. The van der Waals surface area contributed by atoms with E-state index in [4.69, 9.17) is 9.47 Å². The van der Waals surface area contributed by atoms with Crippen LogP contribution in [0, 0.1) is 5.92 Å². The second kappa shape index (κ2) is 8.89. The third kappa shape index (κ3) is 6.08. The van der Waals surface area contributed by atoms with Gasteiger partial charge in [0.05, 0.1) is 19.5 Å². The lowest BCUT2D eigenvalue weighted by Gasteiger charge is -2.13. The number of carbonyl (C=O) groups excluding carboxylic acids is 1. The number of benzene rings is 1. The van der Waals surface area contributed by atoms with Crippen LogP contribution in [0.4, 0.5) is 0 Å². The molecule has 1 amide bonds. The molecule has 1 atom stereocenters. The van der Waals surface area contributed by atoms with Gasteiger partial charge < -0.3 is 14.8 Å².